The van der Waals surface area contributed by atoms with Crippen molar-refractivity contribution in [3.8, 4) is 0 Å². The van der Waals surface area contributed by atoms with Gasteiger partial charge in [0.25, 0.3) is 5.91 Å². The first-order chi connectivity index (χ1) is 12.0. The molecule has 142 valence electrons. The lowest BCUT2D eigenvalue weighted by molar-refractivity contribution is 0.101. The number of amides is 1. The number of benzene rings is 1. The molecule has 8 nitrogen and oxygen atoms in total. The number of nitrogens with zero attached hydrogens (tertiary/aromatic N) is 2. The van der Waals surface area contributed by atoms with E-state index in [0.29, 0.717) is 11.4 Å². The molecule has 0 aliphatic rings. The molecule has 0 unspecified atom stereocenters. The first kappa shape index (κ1) is 20.1. The SMILES string of the molecule is Cn1nc(C(C)(C)C)cc1C(=O)Nc1cccc(S(=O)(=O)NCCN)c1. The monoisotopic (exact) mass is 379 g/mol. The Morgan fingerprint density at radius 1 is 1.27 bits per heavy atom. The number of rotatable bonds is 6. The number of aromatic nitrogens is 2. The maximum Gasteiger partial charge on any atom is 0.273 e. The van der Waals surface area contributed by atoms with Crippen molar-refractivity contribution in [2.75, 3.05) is 18.4 Å². The van der Waals surface area contributed by atoms with Crippen LogP contribution in [0.2, 0.25) is 0 Å². The summed E-state index contributed by atoms with van der Waals surface area (Å²) in [6.45, 7) is 6.38. The number of sulfonamides is 1. The Bertz CT molecular complexity index is 897. The first-order valence-electron chi connectivity index (χ1n) is 8.20. The molecule has 0 spiro atoms. The van der Waals surface area contributed by atoms with Crippen LogP contribution in [0.1, 0.15) is 37.0 Å². The van der Waals surface area contributed by atoms with Crippen LogP contribution in [0, 0.1) is 0 Å². The number of hydrogen-bond donors (Lipinski definition) is 3. The molecule has 1 heterocycles. The van der Waals surface area contributed by atoms with Gasteiger partial charge in [-0.2, -0.15) is 5.10 Å². The summed E-state index contributed by atoms with van der Waals surface area (Å²) < 4.78 is 28.2. The Morgan fingerprint density at radius 2 is 1.96 bits per heavy atom. The molecule has 9 heteroatoms. The average Bonchev–Trinajstić information content (AvgIpc) is 2.95. The van der Waals surface area contributed by atoms with Gasteiger partial charge in [0.05, 0.1) is 10.6 Å². The van der Waals surface area contributed by atoms with Gasteiger partial charge in [-0.15, -0.1) is 0 Å². The van der Waals surface area contributed by atoms with Gasteiger partial charge in [-0.1, -0.05) is 26.8 Å². The number of aryl methyl sites for hydroxylation is 1. The van der Waals surface area contributed by atoms with E-state index < -0.39 is 10.0 Å². The maximum atomic E-state index is 12.6. The highest BCUT2D eigenvalue weighted by atomic mass is 32.2. The van der Waals surface area contributed by atoms with Crippen molar-refractivity contribution in [3.05, 3.63) is 41.7 Å². The third-order valence-electron chi connectivity index (χ3n) is 3.72. The average molecular weight is 379 g/mol. The molecule has 1 amide bonds. The van der Waals surface area contributed by atoms with Gasteiger partial charge in [-0.25, -0.2) is 13.1 Å². The standard InChI is InChI=1S/C17H25N5O3S/c1-17(2,3)15-11-14(22(4)21-15)16(23)20-12-6-5-7-13(10-12)26(24,25)19-9-8-18/h5-7,10-11,19H,8-9,18H2,1-4H3,(H,20,23). The molecular formula is C17H25N5O3S. The molecule has 2 aromatic rings. The summed E-state index contributed by atoms with van der Waals surface area (Å²) in [5.74, 6) is -0.361. The Morgan fingerprint density at radius 3 is 2.54 bits per heavy atom. The molecule has 0 saturated heterocycles. The largest absolute Gasteiger partial charge is 0.329 e. The number of nitrogens with two attached hydrogens (primary N) is 1. The smallest absolute Gasteiger partial charge is 0.273 e. The number of nitrogens with one attached hydrogen (secondary N) is 2. The van der Waals surface area contributed by atoms with Crippen LogP contribution in [-0.4, -0.2) is 37.2 Å². The molecule has 2 rings (SSSR count). The van der Waals surface area contributed by atoms with Crippen LogP contribution in [0.3, 0.4) is 0 Å². The molecule has 0 fully saturated rings. The van der Waals surface area contributed by atoms with Gasteiger partial charge in [0, 0.05) is 31.2 Å². The minimum absolute atomic E-state index is 0.0594. The highest BCUT2D eigenvalue weighted by Crippen LogP contribution is 2.22. The molecule has 0 bridgehead atoms. The van der Waals surface area contributed by atoms with Crippen LogP contribution in [-0.2, 0) is 22.5 Å². The van der Waals surface area contributed by atoms with Crippen LogP contribution < -0.4 is 15.8 Å². The van der Waals surface area contributed by atoms with Crippen molar-refractivity contribution in [1.82, 2.24) is 14.5 Å². The predicted octanol–water partition coefficient (Wildman–Crippen LogP) is 1.21. The summed E-state index contributed by atoms with van der Waals surface area (Å²) in [6, 6.07) is 7.78. The van der Waals surface area contributed by atoms with Crippen LogP contribution in [0.4, 0.5) is 5.69 Å². The summed E-state index contributed by atoms with van der Waals surface area (Å²) in [5.41, 5.74) is 6.72. The number of carbonyl (C=O) groups is 1. The van der Waals surface area contributed by atoms with Gasteiger partial charge in [0.15, 0.2) is 0 Å². The fourth-order valence-electron chi connectivity index (χ4n) is 2.26. The number of carbonyl (C=O) groups excluding carboxylic acids is 1. The third-order valence-corrected chi connectivity index (χ3v) is 5.18. The van der Waals surface area contributed by atoms with E-state index in [9.17, 15) is 13.2 Å². The van der Waals surface area contributed by atoms with Crippen LogP contribution in [0.15, 0.2) is 35.2 Å². The zero-order chi connectivity index (χ0) is 19.5. The summed E-state index contributed by atoms with van der Waals surface area (Å²) >= 11 is 0. The van der Waals surface area contributed by atoms with Gasteiger partial charge in [0.2, 0.25) is 10.0 Å². The van der Waals surface area contributed by atoms with Gasteiger partial charge in [-0.3, -0.25) is 9.48 Å². The quantitative estimate of drug-likeness (QED) is 0.697. The predicted molar refractivity (Wildman–Crippen MR) is 101 cm³/mol. The van der Waals surface area contributed by atoms with Crippen LogP contribution in [0.25, 0.3) is 0 Å². The van der Waals surface area contributed by atoms with Gasteiger partial charge in [-0.05, 0) is 24.3 Å². The molecule has 4 N–H and O–H groups in total. The zero-order valence-electron chi connectivity index (χ0n) is 15.4. The second kappa shape index (κ2) is 7.56. The third kappa shape index (κ3) is 4.69. The second-order valence-corrected chi connectivity index (χ2v) is 8.72. The van der Waals surface area contributed by atoms with Crippen molar-refractivity contribution in [2.45, 2.75) is 31.1 Å². The molecule has 1 aromatic heterocycles. The summed E-state index contributed by atoms with van der Waals surface area (Å²) in [6.07, 6.45) is 0. The van der Waals surface area contributed by atoms with E-state index in [1.807, 2.05) is 20.8 Å². The Hall–Kier alpha value is -2.23. The highest BCUT2D eigenvalue weighted by molar-refractivity contribution is 7.89. The minimum atomic E-state index is -3.67. The van der Waals surface area contributed by atoms with Crippen molar-refractivity contribution >= 4 is 21.6 Å². The van der Waals surface area contributed by atoms with E-state index >= 15 is 0 Å². The normalized spacial score (nSPS) is 12.2. The summed E-state index contributed by atoms with van der Waals surface area (Å²) in [7, 11) is -1.97. The molecule has 0 saturated carbocycles. The van der Waals surface area contributed by atoms with E-state index in [2.05, 4.69) is 15.1 Å². The van der Waals surface area contributed by atoms with Crippen molar-refractivity contribution in [2.24, 2.45) is 12.8 Å². The number of hydrogen-bond acceptors (Lipinski definition) is 5. The highest BCUT2D eigenvalue weighted by Gasteiger charge is 2.22. The fourth-order valence-corrected chi connectivity index (χ4v) is 3.35. The first-order valence-corrected chi connectivity index (χ1v) is 9.68. The molecular weight excluding hydrogens is 354 g/mol. The summed E-state index contributed by atoms with van der Waals surface area (Å²) in [4.78, 5) is 12.6. The lowest BCUT2D eigenvalue weighted by atomic mass is 9.92. The van der Waals surface area contributed by atoms with Crippen LogP contribution >= 0.6 is 0 Å². The van der Waals surface area contributed by atoms with E-state index in [0.717, 1.165) is 5.69 Å². The van der Waals surface area contributed by atoms with Crippen molar-refractivity contribution in [3.63, 3.8) is 0 Å². The Labute approximate surface area is 153 Å². The van der Waals surface area contributed by atoms with Gasteiger partial charge >= 0.3 is 0 Å². The van der Waals surface area contributed by atoms with Crippen molar-refractivity contribution < 1.29 is 13.2 Å². The van der Waals surface area contributed by atoms with E-state index in [4.69, 9.17) is 5.73 Å². The summed E-state index contributed by atoms with van der Waals surface area (Å²) in [5, 5.41) is 7.09. The van der Waals surface area contributed by atoms with E-state index in [-0.39, 0.29) is 29.3 Å². The molecule has 26 heavy (non-hydrogen) atoms. The van der Waals surface area contributed by atoms with Gasteiger partial charge in [0.1, 0.15) is 5.69 Å². The molecule has 0 aliphatic carbocycles. The molecule has 0 radical (unpaired) electrons. The fraction of sp³-hybridized carbons (Fsp3) is 0.412. The molecule has 0 atom stereocenters. The van der Waals surface area contributed by atoms with Crippen LogP contribution in [0.5, 0.6) is 0 Å². The topological polar surface area (TPSA) is 119 Å². The molecule has 0 aliphatic heterocycles. The Kier molecular flexibility index (Phi) is 5.84. The minimum Gasteiger partial charge on any atom is -0.329 e. The number of anilines is 1. The maximum absolute atomic E-state index is 12.6. The van der Waals surface area contributed by atoms with Gasteiger partial charge < -0.3 is 11.1 Å². The zero-order valence-corrected chi connectivity index (χ0v) is 16.2. The lowest BCUT2D eigenvalue weighted by Crippen LogP contribution is -2.29. The Balaban J connectivity index is 2.23. The lowest BCUT2D eigenvalue weighted by Gasteiger charge is -2.13. The van der Waals surface area contributed by atoms with E-state index in [1.165, 1.54) is 16.8 Å². The van der Waals surface area contributed by atoms with E-state index in [1.54, 1.807) is 25.2 Å². The molecule has 1 aromatic carbocycles. The second-order valence-electron chi connectivity index (χ2n) is 6.96. The van der Waals surface area contributed by atoms with Crippen molar-refractivity contribution in [1.29, 1.82) is 0 Å².